The average molecular weight is 467 g/mol. The number of halogens is 2. The summed E-state index contributed by atoms with van der Waals surface area (Å²) in [5.41, 5.74) is 0.624. The van der Waals surface area contributed by atoms with Crippen molar-refractivity contribution < 1.29 is 8.42 Å². The number of nitrogens with zero attached hydrogens (tertiary/aromatic N) is 4. The SMILES string of the molecule is Cc1nn(CN2CCN(S(=O)(=O)c3cc(Cl)ccc3Cl)CC2)c(=O)c2ccccc12. The molecule has 1 aliphatic rings. The molecule has 0 saturated carbocycles. The number of fused-ring (bicyclic) bond motifs is 1. The summed E-state index contributed by atoms with van der Waals surface area (Å²) in [6, 6.07) is 11.8. The Balaban J connectivity index is 1.50. The number of rotatable bonds is 4. The largest absolute Gasteiger partial charge is 0.282 e. The molecule has 0 amide bonds. The molecule has 1 aliphatic heterocycles. The lowest BCUT2D eigenvalue weighted by Gasteiger charge is -2.34. The molecule has 0 atom stereocenters. The number of benzene rings is 2. The second-order valence-corrected chi connectivity index (χ2v) is 9.92. The van der Waals surface area contributed by atoms with Gasteiger partial charge in [-0.3, -0.25) is 9.69 Å². The lowest BCUT2D eigenvalue weighted by atomic mass is 10.1. The molecule has 0 radical (unpaired) electrons. The highest BCUT2D eigenvalue weighted by atomic mass is 35.5. The van der Waals surface area contributed by atoms with Crippen LogP contribution in [0.25, 0.3) is 10.8 Å². The highest BCUT2D eigenvalue weighted by Crippen LogP contribution is 2.28. The van der Waals surface area contributed by atoms with E-state index >= 15 is 0 Å². The van der Waals surface area contributed by atoms with Crippen molar-refractivity contribution in [3.05, 3.63) is 68.6 Å². The Labute approximate surface area is 184 Å². The molecule has 1 aromatic heterocycles. The molecule has 2 heterocycles. The Morgan fingerprint density at radius 1 is 1.00 bits per heavy atom. The van der Waals surface area contributed by atoms with E-state index in [1.54, 1.807) is 12.1 Å². The topological polar surface area (TPSA) is 75.5 Å². The number of aromatic nitrogens is 2. The second kappa shape index (κ2) is 8.28. The Morgan fingerprint density at radius 3 is 2.37 bits per heavy atom. The van der Waals surface area contributed by atoms with Gasteiger partial charge in [0.1, 0.15) is 4.90 Å². The van der Waals surface area contributed by atoms with E-state index in [9.17, 15) is 13.2 Å². The van der Waals surface area contributed by atoms with Crippen LogP contribution < -0.4 is 5.56 Å². The number of piperazine rings is 1. The van der Waals surface area contributed by atoms with Gasteiger partial charge in [-0.2, -0.15) is 9.40 Å². The van der Waals surface area contributed by atoms with E-state index in [1.807, 2.05) is 30.0 Å². The monoisotopic (exact) mass is 466 g/mol. The summed E-state index contributed by atoms with van der Waals surface area (Å²) in [4.78, 5) is 14.8. The highest BCUT2D eigenvalue weighted by Gasteiger charge is 2.30. The van der Waals surface area contributed by atoms with Gasteiger partial charge in [0.15, 0.2) is 0 Å². The summed E-state index contributed by atoms with van der Waals surface area (Å²) >= 11 is 12.0. The third kappa shape index (κ3) is 3.98. The van der Waals surface area contributed by atoms with Crippen LogP contribution in [0.15, 0.2) is 52.2 Å². The van der Waals surface area contributed by atoms with E-state index in [0.717, 1.165) is 11.1 Å². The number of hydrogen-bond acceptors (Lipinski definition) is 5. The van der Waals surface area contributed by atoms with E-state index in [-0.39, 0.29) is 28.6 Å². The summed E-state index contributed by atoms with van der Waals surface area (Å²) in [6.07, 6.45) is 0. The summed E-state index contributed by atoms with van der Waals surface area (Å²) in [5.74, 6) is 0. The maximum atomic E-state index is 13.0. The van der Waals surface area contributed by atoms with Gasteiger partial charge in [0.2, 0.25) is 10.0 Å². The number of hydrogen-bond donors (Lipinski definition) is 0. The van der Waals surface area contributed by atoms with Crippen molar-refractivity contribution in [1.29, 1.82) is 0 Å². The Bertz CT molecular complexity index is 1270. The predicted molar refractivity (Wildman–Crippen MR) is 118 cm³/mol. The minimum atomic E-state index is -3.75. The van der Waals surface area contributed by atoms with Crippen molar-refractivity contribution in [2.75, 3.05) is 26.2 Å². The molecule has 3 aromatic rings. The predicted octanol–water partition coefficient (Wildman–Crippen LogP) is 2.98. The minimum absolute atomic E-state index is 0.00755. The van der Waals surface area contributed by atoms with E-state index < -0.39 is 10.0 Å². The molecule has 0 bridgehead atoms. The maximum Gasteiger partial charge on any atom is 0.275 e. The Kier molecular flexibility index (Phi) is 5.87. The van der Waals surface area contributed by atoms with Gasteiger partial charge in [-0.25, -0.2) is 13.1 Å². The quantitative estimate of drug-likeness (QED) is 0.590. The first kappa shape index (κ1) is 21.3. The zero-order valence-electron chi connectivity index (χ0n) is 16.3. The fourth-order valence-electron chi connectivity index (χ4n) is 3.62. The van der Waals surface area contributed by atoms with Crippen LogP contribution in [-0.4, -0.2) is 53.6 Å². The van der Waals surface area contributed by atoms with Gasteiger partial charge < -0.3 is 0 Å². The van der Waals surface area contributed by atoms with Gasteiger partial charge in [-0.1, -0.05) is 41.4 Å². The number of aryl methyl sites for hydroxylation is 1. The van der Waals surface area contributed by atoms with Crippen LogP contribution in [0, 0.1) is 6.92 Å². The van der Waals surface area contributed by atoms with E-state index in [2.05, 4.69) is 5.10 Å². The highest BCUT2D eigenvalue weighted by molar-refractivity contribution is 7.89. The van der Waals surface area contributed by atoms with Crippen molar-refractivity contribution in [3.63, 3.8) is 0 Å². The Hall–Kier alpha value is -1.97. The normalized spacial score (nSPS) is 16.2. The third-order valence-corrected chi connectivity index (χ3v) is 7.84. The second-order valence-electron chi connectivity index (χ2n) is 7.17. The maximum absolute atomic E-state index is 13.0. The van der Waals surface area contributed by atoms with Crippen molar-refractivity contribution in [3.8, 4) is 0 Å². The van der Waals surface area contributed by atoms with Crippen molar-refractivity contribution in [2.45, 2.75) is 18.5 Å². The molecule has 0 N–H and O–H groups in total. The van der Waals surface area contributed by atoms with Crippen LogP contribution in [0.4, 0.5) is 0 Å². The van der Waals surface area contributed by atoms with E-state index in [0.29, 0.717) is 30.2 Å². The van der Waals surface area contributed by atoms with Gasteiger partial charge in [0.25, 0.3) is 5.56 Å². The van der Waals surface area contributed by atoms with Gasteiger partial charge in [0, 0.05) is 36.6 Å². The molecular formula is C20H20Cl2N4O3S. The lowest BCUT2D eigenvalue weighted by Crippen LogP contribution is -2.49. The molecule has 0 aliphatic carbocycles. The molecule has 0 spiro atoms. The summed E-state index contributed by atoms with van der Waals surface area (Å²) in [7, 11) is -3.75. The van der Waals surface area contributed by atoms with Crippen molar-refractivity contribution in [1.82, 2.24) is 19.0 Å². The molecule has 1 fully saturated rings. The van der Waals surface area contributed by atoms with Crippen LogP contribution in [0.5, 0.6) is 0 Å². The fraction of sp³-hybridized carbons (Fsp3) is 0.300. The lowest BCUT2D eigenvalue weighted by molar-refractivity contribution is 0.143. The smallest absolute Gasteiger partial charge is 0.275 e. The summed E-state index contributed by atoms with van der Waals surface area (Å²) in [5, 5.41) is 6.35. The summed E-state index contributed by atoms with van der Waals surface area (Å²) < 4.78 is 28.8. The first-order valence-electron chi connectivity index (χ1n) is 9.41. The standard InChI is InChI=1S/C20H20Cl2N4O3S/c1-14-16-4-2-3-5-17(16)20(27)26(23-14)13-24-8-10-25(11-9-24)30(28,29)19-12-15(21)6-7-18(19)22/h2-7,12H,8-11,13H2,1H3. The minimum Gasteiger partial charge on any atom is -0.282 e. The number of sulfonamides is 1. The van der Waals surface area contributed by atoms with Crippen LogP contribution in [-0.2, 0) is 16.7 Å². The fourth-order valence-corrected chi connectivity index (χ4v) is 5.77. The molecule has 0 unspecified atom stereocenters. The molecule has 2 aromatic carbocycles. The molecule has 158 valence electrons. The van der Waals surface area contributed by atoms with Gasteiger partial charge in [0.05, 0.1) is 22.8 Å². The molecule has 10 heteroatoms. The molecule has 1 saturated heterocycles. The van der Waals surface area contributed by atoms with Crippen LogP contribution in [0.2, 0.25) is 10.0 Å². The zero-order valence-corrected chi connectivity index (χ0v) is 18.6. The van der Waals surface area contributed by atoms with Gasteiger partial charge in [-0.05, 0) is 31.2 Å². The summed E-state index contributed by atoms with van der Waals surface area (Å²) in [6.45, 7) is 3.68. The molecule has 4 rings (SSSR count). The third-order valence-electron chi connectivity index (χ3n) is 5.23. The zero-order chi connectivity index (χ0) is 21.5. The van der Waals surface area contributed by atoms with Crippen molar-refractivity contribution in [2.24, 2.45) is 0 Å². The van der Waals surface area contributed by atoms with Crippen molar-refractivity contribution >= 4 is 44.0 Å². The molecule has 7 nitrogen and oxygen atoms in total. The molecule has 30 heavy (non-hydrogen) atoms. The first-order valence-corrected chi connectivity index (χ1v) is 11.6. The van der Waals surface area contributed by atoms with Gasteiger partial charge >= 0.3 is 0 Å². The van der Waals surface area contributed by atoms with E-state index in [4.69, 9.17) is 23.2 Å². The Morgan fingerprint density at radius 2 is 1.67 bits per heavy atom. The van der Waals surface area contributed by atoms with Crippen LogP contribution >= 0.6 is 23.2 Å². The van der Waals surface area contributed by atoms with E-state index in [1.165, 1.54) is 21.1 Å². The average Bonchev–Trinajstić information content (AvgIpc) is 2.74. The molecular weight excluding hydrogens is 447 g/mol. The first-order chi connectivity index (χ1) is 14.3. The van der Waals surface area contributed by atoms with Gasteiger partial charge in [-0.15, -0.1) is 0 Å². The van der Waals surface area contributed by atoms with Crippen LogP contribution in [0.1, 0.15) is 5.69 Å². The van der Waals surface area contributed by atoms with Crippen LogP contribution in [0.3, 0.4) is 0 Å².